The molecule has 0 aromatic heterocycles. The van der Waals surface area contributed by atoms with E-state index < -0.39 is 24.7 Å². The van der Waals surface area contributed by atoms with Crippen molar-refractivity contribution < 1.29 is 24.1 Å². The van der Waals surface area contributed by atoms with E-state index in [2.05, 4.69) is 0 Å². The van der Waals surface area contributed by atoms with E-state index >= 15 is 0 Å². The first kappa shape index (κ1) is 12.4. The lowest BCUT2D eigenvalue weighted by atomic mass is 10.2. The van der Waals surface area contributed by atoms with Crippen LogP contribution in [0.15, 0.2) is 30.3 Å². The minimum absolute atomic E-state index is 0.00415. The second-order valence-electron chi connectivity index (χ2n) is 4.00. The van der Waals surface area contributed by atoms with E-state index in [0.717, 1.165) is 5.56 Å². The number of aliphatic hydroxyl groups excluding tert-OH is 2. The van der Waals surface area contributed by atoms with Gasteiger partial charge in [-0.3, -0.25) is 0 Å². The summed E-state index contributed by atoms with van der Waals surface area (Å²) in [6.45, 7) is 0.351. The summed E-state index contributed by atoms with van der Waals surface area (Å²) in [5, 5.41) is 18.2. The van der Waals surface area contributed by atoms with Crippen molar-refractivity contribution >= 4 is 0 Å². The molecule has 17 heavy (non-hydrogen) atoms. The molecule has 1 aromatic carbocycles. The van der Waals surface area contributed by atoms with Gasteiger partial charge in [0.05, 0.1) is 13.2 Å². The normalized spacial score (nSPS) is 32.9. The molecule has 2 N–H and O–H groups in total. The molecule has 1 aliphatic rings. The maximum atomic E-state index is 13.3. The minimum atomic E-state index is -1.61. The Hall–Kier alpha value is -1.01. The zero-order valence-electron chi connectivity index (χ0n) is 9.20. The summed E-state index contributed by atoms with van der Waals surface area (Å²) in [5.74, 6) is 0. The largest absolute Gasteiger partial charge is 0.385 e. The number of halogens is 1. The van der Waals surface area contributed by atoms with E-state index in [9.17, 15) is 4.39 Å². The molecule has 0 amide bonds. The Balaban J connectivity index is 1.76. The highest BCUT2D eigenvalue weighted by Crippen LogP contribution is 2.22. The summed E-state index contributed by atoms with van der Waals surface area (Å²) in [4.78, 5) is 0. The van der Waals surface area contributed by atoms with Crippen LogP contribution in [-0.4, -0.2) is 41.5 Å². The SMILES string of the molecule is O[C@@H]1[C@H](F)[C@@H](COCc2ccccc2)O[C@@H]1O. The van der Waals surface area contributed by atoms with E-state index in [-0.39, 0.29) is 6.61 Å². The lowest BCUT2D eigenvalue weighted by molar-refractivity contribution is -0.137. The molecule has 4 atom stereocenters. The molecular weight excluding hydrogens is 227 g/mol. The van der Waals surface area contributed by atoms with Crippen molar-refractivity contribution in [1.29, 1.82) is 0 Å². The summed E-state index contributed by atoms with van der Waals surface area (Å²) in [6.07, 6.45) is -5.47. The Kier molecular flexibility index (Phi) is 4.06. The Labute approximate surface area is 98.6 Å². The van der Waals surface area contributed by atoms with Crippen LogP contribution in [-0.2, 0) is 16.1 Å². The molecule has 0 saturated carbocycles. The molecule has 1 saturated heterocycles. The van der Waals surface area contributed by atoms with Gasteiger partial charge in [-0.25, -0.2) is 4.39 Å². The first-order chi connectivity index (χ1) is 8.18. The van der Waals surface area contributed by atoms with E-state index in [1.54, 1.807) is 0 Å². The Bertz CT molecular complexity index is 346. The van der Waals surface area contributed by atoms with Crippen LogP contribution in [0.2, 0.25) is 0 Å². The van der Waals surface area contributed by atoms with Crippen LogP contribution in [0.25, 0.3) is 0 Å². The fraction of sp³-hybridized carbons (Fsp3) is 0.500. The molecule has 1 aromatic rings. The number of alkyl halides is 1. The van der Waals surface area contributed by atoms with Gasteiger partial charge in [-0.2, -0.15) is 0 Å². The fourth-order valence-corrected chi connectivity index (χ4v) is 1.71. The topological polar surface area (TPSA) is 58.9 Å². The molecule has 0 unspecified atom stereocenters. The van der Waals surface area contributed by atoms with Gasteiger partial charge in [-0.15, -0.1) is 0 Å². The third-order valence-corrected chi connectivity index (χ3v) is 2.68. The van der Waals surface area contributed by atoms with Crippen LogP contribution in [0, 0.1) is 0 Å². The third-order valence-electron chi connectivity index (χ3n) is 2.68. The highest BCUT2D eigenvalue weighted by atomic mass is 19.1. The van der Waals surface area contributed by atoms with Gasteiger partial charge in [-0.1, -0.05) is 30.3 Å². The molecule has 1 heterocycles. The van der Waals surface area contributed by atoms with Crippen molar-refractivity contribution in [2.45, 2.75) is 31.3 Å². The van der Waals surface area contributed by atoms with Gasteiger partial charge in [0.15, 0.2) is 12.5 Å². The lowest BCUT2D eigenvalue weighted by Gasteiger charge is -2.12. The number of ether oxygens (including phenoxy) is 2. The van der Waals surface area contributed by atoms with Gasteiger partial charge in [0, 0.05) is 0 Å². The second kappa shape index (κ2) is 5.55. The Morgan fingerprint density at radius 2 is 1.94 bits per heavy atom. The van der Waals surface area contributed by atoms with Gasteiger partial charge in [0.25, 0.3) is 0 Å². The Morgan fingerprint density at radius 3 is 2.53 bits per heavy atom. The van der Waals surface area contributed by atoms with Crippen molar-refractivity contribution in [1.82, 2.24) is 0 Å². The Morgan fingerprint density at radius 1 is 1.24 bits per heavy atom. The molecule has 0 spiro atoms. The number of aliphatic hydroxyl groups is 2. The second-order valence-corrected chi connectivity index (χ2v) is 4.00. The lowest BCUT2D eigenvalue weighted by Crippen LogP contribution is -2.30. The predicted octanol–water partition coefficient (Wildman–Crippen LogP) is 0.619. The quantitative estimate of drug-likeness (QED) is 0.812. The van der Waals surface area contributed by atoms with Gasteiger partial charge >= 0.3 is 0 Å². The van der Waals surface area contributed by atoms with Crippen LogP contribution < -0.4 is 0 Å². The minimum Gasteiger partial charge on any atom is -0.385 e. The molecule has 1 fully saturated rings. The number of hydrogen-bond donors (Lipinski definition) is 2. The number of hydrogen-bond acceptors (Lipinski definition) is 4. The fourth-order valence-electron chi connectivity index (χ4n) is 1.71. The highest BCUT2D eigenvalue weighted by Gasteiger charge is 2.43. The summed E-state index contributed by atoms with van der Waals surface area (Å²) < 4.78 is 23.5. The van der Waals surface area contributed by atoms with E-state index in [1.165, 1.54) is 0 Å². The summed E-state index contributed by atoms with van der Waals surface area (Å²) in [7, 11) is 0. The maximum Gasteiger partial charge on any atom is 0.184 e. The van der Waals surface area contributed by atoms with Gasteiger partial charge < -0.3 is 19.7 Å². The van der Waals surface area contributed by atoms with E-state index in [1.807, 2.05) is 30.3 Å². The maximum absolute atomic E-state index is 13.3. The molecule has 94 valence electrons. The van der Waals surface area contributed by atoms with Crippen molar-refractivity contribution in [3.8, 4) is 0 Å². The number of rotatable bonds is 4. The zero-order chi connectivity index (χ0) is 12.3. The molecule has 2 rings (SSSR count). The molecule has 4 nitrogen and oxygen atoms in total. The summed E-state index contributed by atoms with van der Waals surface area (Å²) in [5.41, 5.74) is 0.974. The molecule has 0 aliphatic carbocycles. The van der Waals surface area contributed by atoms with E-state index in [4.69, 9.17) is 19.7 Å². The highest BCUT2D eigenvalue weighted by molar-refractivity contribution is 5.13. The van der Waals surface area contributed by atoms with Gasteiger partial charge in [0.1, 0.15) is 12.2 Å². The van der Waals surface area contributed by atoms with Gasteiger partial charge in [0.2, 0.25) is 0 Å². The first-order valence-electron chi connectivity index (χ1n) is 5.46. The first-order valence-corrected chi connectivity index (χ1v) is 5.46. The zero-order valence-corrected chi connectivity index (χ0v) is 9.20. The molecular formula is C12H15FO4. The van der Waals surface area contributed by atoms with Crippen molar-refractivity contribution in [3.63, 3.8) is 0 Å². The van der Waals surface area contributed by atoms with Crippen LogP contribution in [0.4, 0.5) is 4.39 Å². The van der Waals surface area contributed by atoms with Crippen molar-refractivity contribution in [2.24, 2.45) is 0 Å². The molecule has 1 aliphatic heterocycles. The van der Waals surface area contributed by atoms with Crippen LogP contribution >= 0.6 is 0 Å². The molecule has 0 radical (unpaired) electrons. The summed E-state index contributed by atoms with van der Waals surface area (Å²) >= 11 is 0. The average molecular weight is 242 g/mol. The van der Waals surface area contributed by atoms with Crippen LogP contribution in [0.5, 0.6) is 0 Å². The predicted molar refractivity (Wildman–Crippen MR) is 57.9 cm³/mol. The summed E-state index contributed by atoms with van der Waals surface area (Å²) in [6, 6.07) is 9.46. The van der Waals surface area contributed by atoms with Crippen LogP contribution in [0.1, 0.15) is 5.56 Å². The van der Waals surface area contributed by atoms with Crippen molar-refractivity contribution in [3.05, 3.63) is 35.9 Å². The third kappa shape index (κ3) is 3.01. The smallest absolute Gasteiger partial charge is 0.184 e. The van der Waals surface area contributed by atoms with Gasteiger partial charge in [-0.05, 0) is 5.56 Å². The standard InChI is InChI=1S/C12H15FO4/c13-10-9(17-12(15)11(10)14)7-16-6-8-4-2-1-3-5-8/h1-5,9-12,14-15H,6-7H2/t9-,10-,11-,12+/m1/s1. The monoisotopic (exact) mass is 242 g/mol. The average Bonchev–Trinajstić information content (AvgIpc) is 2.59. The number of benzene rings is 1. The van der Waals surface area contributed by atoms with Crippen molar-refractivity contribution in [2.75, 3.05) is 6.61 Å². The molecule has 5 heteroatoms. The van der Waals surface area contributed by atoms with Crippen LogP contribution in [0.3, 0.4) is 0 Å². The molecule has 0 bridgehead atoms. The van der Waals surface area contributed by atoms with E-state index in [0.29, 0.717) is 6.61 Å².